The summed E-state index contributed by atoms with van der Waals surface area (Å²) in [6.07, 6.45) is 11.0. The molecule has 2 bridgehead atoms. The van der Waals surface area contributed by atoms with E-state index in [-0.39, 0.29) is 18.2 Å². The van der Waals surface area contributed by atoms with Crippen LogP contribution in [-0.2, 0) is 16.0 Å². The van der Waals surface area contributed by atoms with Crippen LogP contribution < -0.4 is 5.32 Å². The number of imidazole rings is 1. The molecule has 8 rings (SSSR count). The van der Waals surface area contributed by atoms with E-state index in [0.29, 0.717) is 22.6 Å². The van der Waals surface area contributed by atoms with Gasteiger partial charge in [-0.2, -0.15) is 0 Å². The summed E-state index contributed by atoms with van der Waals surface area (Å²) in [6, 6.07) is 6.24. The lowest BCUT2D eigenvalue weighted by molar-refractivity contribution is -0.132. The number of morpholine rings is 1. The van der Waals surface area contributed by atoms with E-state index in [1.54, 1.807) is 0 Å². The quantitative estimate of drug-likeness (QED) is 0.638. The van der Waals surface area contributed by atoms with Gasteiger partial charge in [0.05, 0.1) is 25.3 Å². The fraction of sp³-hybridized carbons (Fsp3) is 0.700. The van der Waals surface area contributed by atoms with Crippen molar-refractivity contribution in [3.05, 3.63) is 35.8 Å². The second kappa shape index (κ2) is 8.52. The van der Waals surface area contributed by atoms with Gasteiger partial charge in [-0.15, -0.1) is 0 Å². The second-order valence-corrected chi connectivity index (χ2v) is 13.3. The van der Waals surface area contributed by atoms with E-state index in [1.807, 2.05) is 33.7 Å². The summed E-state index contributed by atoms with van der Waals surface area (Å²) in [7, 11) is 0. The lowest BCUT2D eigenvalue weighted by atomic mass is 9.71. The molecule has 2 aliphatic heterocycles. The molecule has 8 heteroatoms. The number of hydrogen-bond donors (Lipinski definition) is 1. The third-order valence-electron chi connectivity index (χ3n) is 11.1. The molecule has 1 spiro atoms. The van der Waals surface area contributed by atoms with Gasteiger partial charge in [-0.1, -0.05) is 6.07 Å². The van der Waals surface area contributed by atoms with Gasteiger partial charge in [-0.05, 0) is 85.7 Å². The number of carbonyl (C=O) groups excluding carboxylic acids is 2. The summed E-state index contributed by atoms with van der Waals surface area (Å²) in [5.74, 6) is 2.96. The van der Waals surface area contributed by atoms with Crippen molar-refractivity contribution in [2.24, 2.45) is 28.6 Å². The smallest absolute Gasteiger partial charge is 0.268 e. The van der Waals surface area contributed by atoms with Gasteiger partial charge in [0.1, 0.15) is 11.3 Å². The first-order valence-corrected chi connectivity index (χ1v) is 14.9. The van der Waals surface area contributed by atoms with Crippen molar-refractivity contribution in [1.29, 1.82) is 0 Å². The lowest BCUT2D eigenvalue weighted by Crippen LogP contribution is -2.50. The molecule has 2 saturated heterocycles. The van der Waals surface area contributed by atoms with Crippen LogP contribution >= 0.6 is 0 Å². The van der Waals surface area contributed by atoms with Crippen LogP contribution in [0, 0.1) is 28.6 Å². The van der Waals surface area contributed by atoms with Crippen LogP contribution in [-0.4, -0.2) is 83.0 Å². The minimum Gasteiger partial charge on any atom is -0.379 e. The van der Waals surface area contributed by atoms with Crippen LogP contribution in [0.5, 0.6) is 0 Å². The number of pyridine rings is 1. The van der Waals surface area contributed by atoms with Gasteiger partial charge < -0.3 is 15.0 Å². The van der Waals surface area contributed by atoms with Gasteiger partial charge >= 0.3 is 0 Å². The third kappa shape index (κ3) is 3.81. The predicted octanol–water partition coefficient (Wildman–Crippen LogP) is 2.76. The van der Waals surface area contributed by atoms with Crippen LogP contribution in [0.25, 0.3) is 5.65 Å². The fourth-order valence-corrected chi connectivity index (χ4v) is 9.25. The fourth-order valence-electron chi connectivity index (χ4n) is 9.25. The van der Waals surface area contributed by atoms with Crippen molar-refractivity contribution in [2.45, 2.75) is 57.4 Å². The van der Waals surface area contributed by atoms with Crippen molar-refractivity contribution in [1.82, 2.24) is 24.5 Å². The molecular formula is C30H39N5O3. The molecule has 38 heavy (non-hydrogen) atoms. The Bertz CT molecular complexity index is 1270. The lowest BCUT2D eigenvalue weighted by Gasteiger charge is -2.40. The van der Waals surface area contributed by atoms with Crippen LogP contribution in [0.2, 0.25) is 0 Å². The molecule has 6 aliphatic rings. The third-order valence-corrected chi connectivity index (χ3v) is 11.1. The number of fused-ring (bicyclic) bond motifs is 3. The molecule has 5 atom stereocenters. The predicted molar refractivity (Wildman–Crippen MR) is 142 cm³/mol. The molecule has 4 saturated carbocycles. The van der Waals surface area contributed by atoms with Gasteiger partial charge in [0, 0.05) is 45.0 Å². The average molecular weight is 518 g/mol. The van der Waals surface area contributed by atoms with Crippen molar-refractivity contribution >= 4 is 17.5 Å². The number of aromatic nitrogens is 2. The molecule has 4 aliphatic carbocycles. The van der Waals surface area contributed by atoms with E-state index in [9.17, 15) is 9.59 Å². The first-order valence-electron chi connectivity index (χ1n) is 14.9. The maximum Gasteiger partial charge on any atom is 0.268 e. The van der Waals surface area contributed by atoms with Gasteiger partial charge in [0.15, 0.2) is 0 Å². The van der Waals surface area contributed by atoms with E-state index < -0.39 is 0 Å². The highest BCUT2D eigenvalue weighted by atomic mass is 16.5. The van der Waals surface area contributed by atoms with Gasteiger partial charge in [-0.25, -0.2) is 4.98 Å². The van der Waals surface area contributed by atoms with E-state index in [4.69, 9.17) is 9.72 Å². The number of likely N-dealkylation sites (tertiary alicyclic amines) is 1. The Hall–Kier alpha value is -2.45. The standard InChI is InChI=1S/C30H39N5O3/c36-27(34-6-4-23(5-7-34)33-8-10-38-11-9-33)13-22-17-35-25(2-1-3-26(35)32-22)28(37)31-19-29-14-20-12-24(20)30(18-29)16-21(30)15-29/h1-3,17,20-21,23-24H,4-16,18-19H2,(H,31,37). The topological polar surface area (TPSA) is 79.2 Å². The highest BCUT2D eigenvalue weighted by molar-refractivity contribution is 5.93. The molecule has 202 valence electrons. The van der Waals surface area contributed by atoms with Gasteiger partial charge in [0.25, 0.3) is 5.91 Å². The molecule has 2 amide bonds. The molecule has 2 aromatic rings. The number of carbonyl (C=O) groups is 2. The monoisotopic (exact) mass is 517 g/mol. The van der Waals surface area contributed by atoms with Crippen molar-refractivity contribution < 1.29 is 14.3 Å². The normalized spacial score (nSPS) is 36.1. The van der Waals surface area contributed by atoms with Crippen LogP contribution in [0.4, 0.5) is 0 Å². The summed E-state index contributed by atoms with van der Waals surface area (Å²) >= 11 is 0. The van der Waals surface area contributed by atoms with Crippen LogP contribution in [0.1, 0.15) is 61.1 Å². The summed E-state index contributed by atoms with van der Waals surface area (Å²) in [6.45, 7) is 6.02. The molecule has 1 N–H and O–H groups in total. The number of nitrogens with zero attached hydrogens (tertiary/aromatic N) is 4. The van der Waals surface area contributed by atoms with Crippen LogP contribution in [0.15, 0.2) is 24.4 Å². The Kier molecular flexibility index (Phi) is 5.26. The molecule has 6 fully saturated rings. The largest absolute Gasteiger partial charge is 0.379 e. The van der Waals surface area contributed by atoms with Crippen molar-refractivity contribution in [3.8, 4) is 0 Å². The summed E-state index contributed by atoms with van der Waals surface area (Å²) < 4.78 is 7.35. The maximum absolute atomic E-state index is 13.3. The molecule has 5 unspecified atom stereocenters. The van der Waals surface area contributed by atoms with Gasteiger partial charge in [-0.3, -0.25) is 18.9 Å². The number of nitrogens with one attached hydrogen (secondary N) is 1. The average Bonchev–Trinajstić information content (AvgIpc) is 3.79. The molecule has 2 aromatic heterocycles. The minimum absolute atomic E-state index is 0.0296. The summed E-state index contributed by atoms with van der Waals surface area (Å²) in [5.41, 5.74) is 3.05. The molecule has 0 aromatic carbocycles. The summed E-state index contributed by atoms with van der Waals surface area (Å²) in [4.78, 5) is 35.7. The maximum atomic E-state index is 13.3. The molecule has 4 heterocycles. The number of piperidine rings is 1. The minimum atomic E-state index is -0.0296. The highest BCUT2D eigenvalue weighted by Gasteiger charge is 2.76. The Labute approximate surface area is 224 Å². The van der Waals surface area contributed by atoms with Crippen molar-refractivity contribution in [3.63, 3.8) is 0 Å². The number of hydrogen-bond acceptors (Lipinski definition) is 5. The zero-order valence-corrected chi connectivity index (χ0v) is 22.2. The molecule has 0 radical (unpaired) electrons. The Morgan fingerprint density at radius 2 is 1.92 bits per heavy atom. The van der Waals surface area contributed by atoms with E-state index in [1.165, 1.54) is 32.1 Å². The van der Waals surface area contributed by atoms with Crippen LogP contribution in [0.3, 0.4) is 0 Å². The molecule has 8 nitrogen and oxygen atoms in total. The number of amides is 2. The van der Waals surface area contributed by atoms with Crippen molar-refractivity contribution in [2.75, 3.05) is 45.9 Å². The Morgan fingerprint density at radius 3 is 2.76 bits per heavy atom. The number of ether oxygens (including phenoxy) is 1. The summed E-state index contributed by atoms with van der Waals surface area (Å²) in [5, 5.41) is 3.31. The zero-order chi connectivity index (χ0) is 25.5. The first-order chi connectivity index (χ1) is 18.5. The zero-order valence-electron chi connectivity index (χ0n) is 22.2. The SMILES string of the molecule is O=C(NCC12CC3CC3C3(CC3C1)C2)c1cccc2nc(CC(=O)N3CCC(N4CCOCC4)CC3)cn12. The second-order valence-electron chi connectivity index (χ2n) is 13.3. The van der Waals surface area contributed by atoms with E-state index in [2.05, 4.69) is 10.2 Å². The van der Waals surface area contributed by atoms with E-state index in [0.717, 1.165) is 87.9 Å². The number of rotatable bonds is 6. The Balaban J connectivity index is 0.905. The molecular weight excluding hydrogens is 478 g/mol. The van der Waals surface area contributed by atoms with Gasteiger partial charge in [0.2, 0.25) is 5.91 Å². The highest BCUT2D eigenvalue weighted by Crippen LogP contribution is 2.83. The first kappa shape index (κ1) is 23.4. The Morgan fingerprint density at radius 1 is 1.08 bits per heavy atom. The van der Waals surface area contributed by atoms with E-state index >= 15 is 0 Å².